The fraction of sp³-hybridized carbons (Fsp3) is 0.565. The molecule has 2 unspecified atom stereocenters. The van der Waals surface area contributed by atoms with Crippen LogP contribution in [0.1, 0.15) is 59.3 Å². The number of likely N-dealkylation sites (tertiary alicyclic amines) is 1. The number of amides is 1. The van der Waals surface area contributed by atoms with Crippen LogP contribution in [0, 0.1) is 0 Å². The number of hydrogen-bond acceptors (Lipinski definition) is 5. The first-order valence-electron chi connectivity index (χ1n) is 11.3. The van der Waals surface area contributed by atoms with Crippen LogP contribution < -0.4 is 5.56 Å². The van der Waals surface area contributed by atoms with Crippen LogP contribution in [0.4, 0.5) is 0 Å². The molecule has 2 atom stereocenters. The van der Waals surface area contributed by atoms with Crippen molar-refractivity contribution >= 4 is 34.3 Å². The zero-order valence-electron chi connectivity index (χ0n) is 18.6. The predicted octanol–water partition coefficient (Wildman–Crippen LogP) is 4.12. The van der Waals surface area contributed by atoms with Gasteiger partial charge in [-0.15, -0.1) is 10.2 Å². The molecule has 0 radical (unpaired) electrons. The lowest BCUT2D eigenvalue weighted by atomic mass is 9.98. The third-order valence-electron chi connectivity index (χ3n) is 6.27. The highest BCUT2D eigenvalue weighted by molar-refractivity contribution is 7.99. The molecule has 2 aromatic heterocycles. The summed E-state index contributed by atoms with van der Waals surface area (Å²) < 4.78 is 3.66. The summed E-state index contributed by atoms with van der Waals surface area (Å²) >= 11 is 1.40. The van der Waals surface area contributed by atoms with Gasteiger partial charge in [0.15, 0.2) is 5.16 Å². The van der Waals surface area contributed by atoms with Crippen molar-refractivity contribution < 1.29 is 4.79 Å². The lowest BCUT2D eigenvalue weighted by Crippen LogP contribution is -2.48. The van der Waals surface area contributed by atoms with Gasteiger partial charge in [-0.2, -0.15) is 0 Å². The van der Waals surface area contributed by atoms with Gasteiger partial charge in [-0.05, 0) is 51.7 Å². The lowest BCUT2D eigenvalue weighted by Gasteiger charge is -2.39. The van der Waals surface area contributed by atoms with E-state index in [0.29, 0.717) is 28.6 Å². The van der Waals surface area contributed by atoms with Gasteiger partial charge in [0.05, 0.1) is 16.7 Å². The number of nitrogens with zero attached hydrogens (tertiary/aromatic N) is 5. The minimum Gasteiger partial charge on any atom is -0.337 e. The van der Waals surface area contributed by atoms with Crippen LogP contribution in [0.25, 0.3) is 16.7 Å². The normalized spacial score (nSPS) is 19.4. The fourth-order valence-electron chi connectivity index (χ4n) is 4.66. The first-order chi connectivity index (χ1) is 15.0. The molecule has 1 saturated heterocycles. The molecular weight excluding hydrogens is 410 g/mol. The molecule has 0 aliphatic carbocycles. The Bertz CT molecular complexity index is 1130. The van der Waals surface area contributed by atoms with E-state index < -0.39 is 0 Å². The van der Waals surface area contributed by atoms with Crippen molar-refractivity contribution in [1.29, 1.82) is 0 Å². The predicted molar refractivity (Wildman–Crippen MR) is 125 cm³/mol. The molecule has 1 aliphatic rings. The third-order valence-corrected chi connectivity index (χ3v) is 7.18. The van der Waals surface area contributed by atoms with Gasteiger partial charge in [0.1, 0.15) is 0 Å². The Balaban J connectivity index is 1.67. The van der Waals surface area contributed by atoms with E-state index in [4.69, 9.17) is 0 Å². The quantitative estimate of drug-likeness (QED) is 0.407. The Morgan fingerprint density at radius 3 is 2.61 bits per heavy atom. The molecule has 8 heteroatoms. The second kappa shape index (κ2) is 9.42. The highest BCUT2D eigenvalue weighted by Gasteiger charge is 2.29. The summed E-state index contributed by atoms with van der Waals surface area (Å²) in [7, 11) is 0. The summed E-state index contributed by atoms with van der Waals surface area (Å²) in [6.45, 7) is 7.03. The molecule has 0 N–H and O–H groups in total. The number of hydrogen-bond donors (Lipinski definition) is 0. The number of carbonyl (C=O) groups excluding carboxylic acids is 1. The second-order valence-electron chi connectivity index (χ2n) is 8.52. The van der Waals surface area contributed by atoms with Crippen LogP contribution in [-0.4, -0.2) is 47.8 Å². The Kier molecular flexibility index (Phi) is 6.65. The van der Waals surface area contributed by atoms with E-state index in [9.17, 15) is 9.59 Å². The van der Waals surface area contributed by atoms with Gasteiger partial charge >= 0.3 is 0 Å². The molecular formula is C23H31N5O2S. The van der Waals surface area contributed by atoms with E-state index in [-0.39, 0.29) is 23.6 Å². The monoisotopic (exact) mass is 441 g/mol. The number of piperidine rings is 1. The minimum absolute atomic E-state index is 0.0322. The maximum atomic E-state index is 13.1. The SMILES string of the molecule is CCCCCn1c(=O)c2ccccc2n2c(SCC(=O)N3C(C)CCCC3C)nnc12. The highest BCUT2D eigenvalue weighted by atomic mass is 32.2. The van der Waals surface area contributed by atoms with Crippen molar-refractivity contribution in [2.24, 2.45) is 0 Å². The molecule has 3 heterocycles. The summed E-state index contributed by atoms with van der Waals surface area (Å²) in [5, 5.41) is 10.0. The Labute approximate surface area is 186 Å². The first-order valence-corrected chi connectivity index (χ1v) is 12.3. The number of para-hydroxylation sites is 1. The van der Waals surface area contributed by atoms with Crippen LogP contribution >= 0.6 is 11.8 Å². The summed E-state index contributed by atoms with van der Waals surface area (Å²) in [4.78, 5) is 28.1. The Hall–Kier alpha value is -2.35. The van der Waals surface area contributed by atoms with E-state index >= 15 is 0 Å². The molecule has 3 aromatic rings. The standard InChI is InChI=1S/C23H31N5O2S/c1-4-5-8-14-26-21(30)18-12-6-7-13-19(18)28-22(26)24-25-23(28)31-15-20(29)27-16(2)10-9-11-17(27)3/h6-7,12-13,16-17H,4-5,8-11,14-15H2,1-3H3. The number of benzene rings is 1. The highest BCUT2D eigenvalue weighted by Crippen LogP contribution is 2.26. The molecule has 1 amide bonds. The van der Waals surface area contributed by atoms with Crippen LogP contribution in [0.5, 0.6) is 0 Å². The van der Waals surface area contributed by atoms with Crippen LogP contribution in [-0.2, 0) is 11.3 Å². The maximum Gasteiger partial charge on any atom is 0.262 e. The Morgan fingerprint density at radius 2 is 1.87 bits per heavy atom. The summed E-state index contributed by atoms with van der Waals surface area (Å²) in [5.41, 5.74) is 0.754. The van der Waals surface area contributed by atoms with Gasteiger partial charge in [0.2, 0.25) is 11.7 Å². The number of carbonyl (C=O) groups is 1. The number of aromatic nitrogens is 4. The average molecular weight is 442 g/mol. The summed E-state index contributed by atoms with van der Waals surface area (Å²) in [5.74, 6) is 1.01. The lowest BCUT2D eigenvalue weighted by molar-refractivity contribution is -0.134. The van der Waals surface area contributed by atoms with Gasteiger partial charge in [-0.25, -0.2) is 0 Å². The molecule has 1 fully saturated rings. The average Bonchev–Trinajstić information content (AvgIpc) is 3.18. The maximum absolute atomic E-state index is 13.1. The first kappa shape index (κ1) is 21.9. The summed E-state index contributed by atoms with van der Waals surface area (Å²) in [6, 6.07) is 8.12. The number of unbranched alkanes of at least 4 members (excludes halogenated alkanes) is 2. The summed E-state index contributed by atoms with van der Waals surface area (Å²) in [6.07, 6.45) is 6.36. The largest absolute Gasteiger partial charge is 0.337 e. The molecule has 1 aromatic carbocycles. The van der Waals surface area contributed by atoms with Crippen molar-refractivity contribution in [1.82, 2.24) is 24.1 Å². The molecule has 0 bridgehead atoms. The zero-order chi connectivity index (χ0) is 22.0. The van der Waals surface area contributed by atoms with Gasteiger partial charge in [0, 0.05) is 18.6 Å². The molecule has 0 saturated carbocycles. The molecule has 1 aliphatic heterocycles. The van der Waals surface area contributed by atoms with E-state index in [1.165, 1.54) is 18.2 Å². The van der Waals surface area contributed by atoms with Crippen LogP contribution in [0.15, 0.2) is 34.2 Å². The topological polar surface area (TPSA) is 72.5 Å². The number of rotatable bonds is 7. The minimum atomic E-state index is -0.0322. The number of thioether (sulfide) groups is 1. The van der Waals surface area contributed by atoms with E-state index in [0.717, 1.165) is 37.6 Å². The molecule has 166 valence electrons. The zero-order valence-corrected chi connectivity index (χ0v) is 19.4. The smallest absolute Gasteiger partial charge is 0.262 e. The van der Waals surface area contributed by atoms with Crippen LogP contribution in [0.2, 0.25) is 0 Å². The molecule has 31 heavy (non-hydrogen) atoms. The van der Waals surface area contributed by atoms with Crippen molar-refractivity contribution in [2.45, 2.75) is 83.1 Å². The Morgan fingerprint density at radius 1 is 1.13 bits per heavy atom. The van der Waals surface area contributed by atoms with Gasteiger partial charge < -0.3 is 4.90 Å². The molecule has 7 nitrogen and oxygen atoms in total. The van der Waals surface area contributed by atoms with Crippen LogP contribution in [0.3, 0.4) is 0 Å². The van der Waals surface area contributed by atoms with Crippen molar-refractivity contribution in [3.8, 4) is 0 Å². The number of aryl methyl sites for hydroxylation is 1. The van der Waals surface area contributed by atoms with Crippen molar-refractivity contribution in [2.75, 3.05) is 5.75 Å². The van der Waals surface area contributed by atoms with Gasteiger partial charge in [-0.3, -0.25) is 18.6 Å². The van der Waals surface area contributed by atoms with Gasteiger partial charge in [0.25, 0.3) is 5.56 Å². The fourth-order valence-corrected chi connectivity index (χ4v) is 5.47. The number of fused-ring (bicyclic) bond motifs is 3. The molecule has 0 spiro atoms. The van der Waals surface area contributed by atoms with Crippen molar-refractivity contribution in [3.63, 3.8) is 0 Å². The molecule has 4 rings (SSSR count). The van der Waals surface area contributed by atoms with E-state index in [1.807, 2.05) is 33.6 Å². The van der Waals surface area contributed by atoms with Crippen molar-refractivity contribution in [3.05, 3.63) is 34.6 Å². The third kappa shape index (κ3) is 4.22. The second-order valence-corrected chi connectivity index (χ2v) is 9.46. The van der Waals surface area contributed by atoms with Gasteiger partial charge in [-0.1, -0.05) is 43.7 Å². The van der Waals surface area contributed by atoms with E-state index in [2.05, 4.69) is 31.0 Å². The van der Waals surface area contributed by atoms with E-state index in [1.54, 1.807) is 4.57 Å².